The smallest absolute Gasteiger partial charge is 0.0702 e. The summed E-state index contributed by atoms with van der Waals surface area (Å²) in [6.07, 6.45) is 2.62. The van der Waals surface area contributed by atoms with Crippen LogP contribution in [0.2, 0.25) is 0 Å². The second-order valence-corrected chi connectivity index (χ2v) is 5.71. The van der Waals surface area contributed by atoms with Gasteiger partial charge in [0.15, 0.2) is 0 Å². The molecule has 2 aromatic carbocycles. The van der Waals surface area contributed by atoms with Gasteiger partial charge in [0.2, 0.25) is 0 Å². The van der Waals surface area contributed by atoms with Crippen LogP contribution in [-0.2, 0) is 6.42 Å². The predicted octanol–water partition coefficient (Wildman–Crippen LogP) is 4.24. The fourth-order valence-electron chi connectivity index (χ4n) is 2.34. The molecule has 1 unspecified atom stereocenters. The van der Waals surface area contributed by atoms with Crippen molar-refractivity contribution in [1.29, 1.82) is 0 Å². The summed E-state index contributed by atoms with van der Waals surface area (Å²) >= 11 is 3.57. The average molecular weight is 327 g/mol. The molecular weight excluding hydrogens is 312 g/mol. The zero-order valence-electron chi connectivity index (χ0n) is 11.0. The molecule has 1 heterocycles. The molecule has 0 fully saturated rings. The number of benzene rings is 2. The molecule has 0 amide bonds. The number of hydrogen-bond acceptors (Lipinski definition) is 2. The fraction of sp³-hybridized carbons (Fsp3) is 0.118. The van der Waals surface area contributed by atoms with E-state index in [1.807, 2.05) is 36.5 Å². The van der Waals surface area contributed by atoms with Crippen LogP contribution in [0.5, 0.6) is 0 Å². The maximum Gasteiger partial charge on any atom is 0.0702 e. The topological polar surface area (TPSA) is 38.9 Å². The normalized spacial score (nSPS) is 12.5. The van der Waals surface area contributed by atoms with Gasteiger partial charge in [0, 0.05) is 22.1 Å². The van der Waals surface area contributed by atoms with Gasteiger partial charge >= 0.3 is 0 Å². The van der Waals surface area contributed by atoms with E-state index >= 15 is 0 Å². The molecule has 1 atom stereocenters. The molecule has 2 N–H and O–H groups in total. The summed E-state index contributed by atoms with van der Waals surface area (Å²) in [6.45, 7) is 0. The molecule has 20 heavy (non-hydrogen) atoms. The Bertz CT molecular complexity index is 740. The van der Waals surface area contributed by atoms with Gasteiger partial charge < -0.3 is 5.73 Å². The molecule has 3 heteroatoms. The van der Waals surface area contributed by atoms with Crippen molar-refractivity contribution in [3.8, 4) is 0 Å². The quantitative estimate of drug-likeness (QED) is 0.781. The minimum Gasteiger partial charge on any atom is -0.324 e. The molecule has 3 aromatic rings. The minimum atomic E-state index is -0.0155. The lowest BCUT2D eigenvalue weighted by molar-refractivity contribution is 0.721. The Hall–Kier alpha value is -1.71. The number of fused-ring (bicyclic) bond motifs is 1. The van der Waals surface area contributed by atoms with Crippen molar-refractivity contribution in [2.75, 3.05) is 0 Å². The summed E-state index contributed by atoms with van der Waals surface area (Å²) in [4.78, 5) is 4.33. The Labute approximate surface area is 126 Å². The minimum absolute atomic E-state index is 0.0155. The Morgan fingerprint density at radius 3 is 2.75 bits per heavy atom. The van der Waals surface area contributed by atoms with Gasteiger partial charge in [-0.1, -0.05) is 46.3 Å². The van der Waals surface area contributed by atoms with Crippen molar-refractivity contribution >= 4 is 26.8 Å². The van der Waals surface area contributed by atoms with Crippen LogP contribution < -0.4 is 5.73 Å². The number of hydrogen-bond donors (Lipinski definition) is 1. The highest BCUT2D eigenvalue weighted by molar-refractivity contribution is 9.10. The number of pyridine rings is 1. The highest BCUT2D eigenvalue weighted by atomic mass is 79.9. The maximum absolute atomic E-state index is 6.35. The number of nitrogens with zero attached hydrogens (tertiary/aromatic N) is 1. The van der Waals surface area contributed by atoms with Crippen LogP contribution in [-0.4, -0.2) is 4.98 Å². The van der Waals surface area contributed by atoms with Crippen molar-refractivity contribution in [3.63, 3.8) is 0 Å². The van der Waals surface area contributed by atoms with Gasteiger partial charge in [0.1, 0.15) is 0 Å². The number of halogens is 1. The highest BCUT2D eigenvalue weighted by Crippen LogP contribution is 2.24. The zero-order chi connectivity index (χ0) is 13.9. The molecule has 0 bridgehead atoms. The average Bonchev–Trinajstić information content (AvgIpc) is 2.49. The third-order valence-corrected chi connectivity index (χ3v) is 4.23. The van der Waals surface area contributed by atoms with E-state index in [0.717, 1.165) is 27.4 Å². The number of rotatable bonds is 3. The largest absolute Gasteiger partial charge is 0.324 e. The molecule has 0 aliphatic rings. The van der Waals surface area contributed by atoms with Crippen molar-refractivity contribution in [2.24, 2.45) is 5.73 Å². The first-order chi connectivity index (χ1) is 9.74. The van der Waals surface area contributed by atoms with E-state index in [4.69, 9.17) is 5.73 Å². The highest BCUT2D eigenvalue weighted by Gasteiger charge is 2.09. The number of nitrogens with two attached hydrogens (primary N) is 1. The molecule has 100 valence electrons. The summed E-state index contributed by atoms with van der Waals surface area (Å²) in [5, 5.41) is 1.13. The monoisotopic (exact) mass is 326 g/mol. The Balaban J connectivity index is 1.89. The Kier molecular flexibility index (Phi) is 3.81. The van der Waals surface area contributed by atoms with Gasteiger partial charge in [-0.25, -0.2) is 0 Å². The lowest BCUT2D eigenvalue weighted by Crippen LogP contribution is -2.13. The van der Waals surface area contributed by atoms with E-state index in [2.05, 4.69) is 45.2 Å². The van der Waals surface area contributed by atoms with Gasteiger partial charge in [-0.05, 0) is 41.8 Å². The standard InChI is InChI=1S/C17H15BrN2/c18-15-6-2-1-4-12(15)11-16(19)13-7-8-17-14(10-13)5-3-9-20-17/h1-10,16H,11,19H2. The van der Waals surface area contributed by atoms with Crippen molar-refractivity contribution in [3.05, 3.63) is 76.4 Å². The summed E-state index contributed by atoms with van der Waals surface area (Å²) in [5.74, 6) is 0. The first-order valence-electron chi connectivity index (χ1n) is 6.58. The predicted molar refractivity (Wildman–Crippen MR) is 86.5 cm³/mol. The van der Waals surface area contributed by atoms with Crippen LogP contribution in [0.3, 0.4) is 0 Å². The Morgan fingerprint density at radius 1 is 1.05 bits per heavy atom. The molecule has 0 saturated heterocycles. The lowest BCUT2D eigenvalue weighted by atomic mass is 9.98. The summed E-state index contributed by atoms with van der Waals surface area (Å²) < 4.78 is 1.11. The second kappa shape index (κ2) is 5.73. The van der Waals surface area contributed by atoms with Crippen LogP contribution in [0.25, 0.3) is 10.9 Å². The van der Waals surface area contributed by atoms with Crippen molar-refractivity contribution < 1.29 is 0 Å². The summed E-state index contributed by atoms with van der Waals surface area (Å²) in [5.41, 5.74) is 9.72. The van der Waals surface area contributed by atoms with Crippen LogP contribution in [0.15, 0.2) is 65.3 Å². The van der Waals surface area contributed by atoms with E-state index in [1.54, 1.807) is 0 Å². The first-order valence-corrected chi connectivity index (χ1v) is 7.37. The van der Waals surface area contributed by atoms with Gasteiger partial charge in [-0.15, -0.1) is 0 Å². The molecule has 0 spiro atoms. The molecule has 0 aliphatic carbocycles. The van der Waals surface area contributed by atoms with E-state index in [0.29, 0.717) is 0 Å². The van der Waals surface area contributed by atoms with E-state index in [9.17, 15) is 0 Å². The van der Waals surface area contributed by atoms with Gasteiger partial charge in [-0.2, -0.15) is 0 Å². The maximum atomic E-state index is 6.35. The Morgan fingerprint density at radius 2 is 1.90 bits per heavy atom. The van der Waals surface area contributed by atoms with E-state index in [1.165, 1.54) is 5.56 Å². The summed E-state index contributed by atoms with van der Waals surface area (Å²) in [6, 6.07) is 18.4. The van der Waals surface area contributed by atoms with Crippen molar-refractivity contribution in [1.82, 2.24) is 4.98 Å². The SMILES string of the molecule is NC(Cc1ccccc1Br)c1ccc2ncccc2c1. The van der Waals surface area contributed by atoms with Gasteiger partial charge in [0.25, 0.3) is 0 Å². The molecular formula is C17H15BrN2. The lowest BCUT2D eigenvalue weighted by Gasteiger charge is -2.14. The van der Waals surface area contributed by atoms with Gasteiger partial charge in [-0.3, -0.25) is 4.98 Å². The molecule has 2 nitrogen and oxygen atoms in total. The van der Waals surface area contributed by atoms with E-state index < -0.39 is 0 Å². The first kappa shape index (κ1) is 13.3. The molecule has 3 rings (SSSR count). The zero-order valence-corrected chi connectivity index (χ0v) is 12.5. The van der Waals surface area contributed by atoms with Crippen LogP contribution >= 0.6 is 15.9 Å². The third-order valence-electron chi connectivity index (χ3n) is 3.45. The molecule has 0 radical (unpaired) electrons. The molecule has 0 aliphatic heterocycles. The molecule has 1 aromatic heterocycles. The van der Waals surface area contributed by atoms with Crippen LogP contribution in [0.1, 0.15) is 17.2 Å². The van der Waals surface area contributed by atoms with E-state index in [-0.39, 0.29) is 6.04 Å². The summed E-state index contributed by atoms with van der Waals surface area (Å²) in [7, 11) is 0. The fourth-order valence-corrected chi connectivity index (χ4v) is 2.79. The third kappa shape index (κ3) is 2.74. The van der Waals surface area contributed by atoms with Gasteiger partial charge in [0.05, 0.1) is 5.52 Å². The second-order valence-electron chi connectivity index (χ2n) is 4.86. The van der Waals surface area contributed by atoms with Crippen LogP contribution in [0, 0.1) is 0 Å². The van der Waals surface area contributed by atoms with Crippen LogP contribution in [0.4, 0.5) is 0 Å². The molecule has 0 saturated carbocycles. The number of aromatic nitrogens is 1. The van der Waals surface area contributed by atoms with Crippen molar-refractivity contribution in [2.45, 2.75) is 12.5 Å².